The van der Waals surface area contributed by atoms with Crippen molar-refractivity contribution in [1.82, 2.24) is 50.3 Å². The van der Waals surface area contributed by atoms with Gasteiger partial charge in [0.15, 0.2) is 0 Å². The molecule has 0 bridgehead atoms. The fraction of sp³-hybridized carbons (Fsp3) is 0.375. The van der Waals surface area contributed by atoms with Gasteiger partial charge in [-0.1, -0.05) is 76.1 Å². The number of fused-ring (bicyclic) bond motifs is 1. The summed E-state index contributed by atoms with van der Waals surface area (Å²) in [6.45, 7) is 10.6. The van der Waals surface area contributed by atoms with Crippen LogP contribution in [0.25, 0.3) is 38.7 Å². The van der Waals surface area contributed by atoms with E-state index < -0.39 is 35.4 Å². The number of aromatic nitrogens is 5. The zero-order chi connectivity index (χ0) is 60.9. The predicted molar refractivity (Wildman–Crippen MR) is 333 cm³/mol. The Labute approximate surface area is 504 Å². The summed E-state index contributed by atoms with van der Waals surface area (Å²) in [4.78, 5) is 92.6. The van der Waals surface area contributed by atoms with E-state index in [1.807, 2.05) is 101 Å². The van der Waals surface area contributed by atoms with Crippen molar-refractivity contribution in [3.63, 3.8) is 0 Å². The molecular formula is C64H74N14O7S. The minimum atomic E-state index is -0.919. The number of para-hydroxylation sites is 1. The minimum Gasteiger partial charge on any atom is -0.494 e. The lowest BCUT2D eigenvalue weighted by Crippen LogP contribution is -2.57. The second kappa shape index (κ2) is 28.2. The first-order chi connectivity index (χ1) is 41.5. The van der Waals surface area contributed by atoms with Crippen LogP contribution in [0.15, 0.2) is 115 Å². The Balaban J connectivity index is 0.738. The van der Waals surface area contributed by atoms with Crippen molar-refractivity contribution in [1.29, 1.82) is 5.26 Å². The summed E-state index contributed by atoms with van der Waals surface area (Å²) in [5, 5.41) is 37.1. The number of thiazole rings is 1. The van der Waals surface area contributed by atoms with E-state index in [0.717, 1.165) is 57.4 Å². The molecule has 2 aliphatic rings. The maximum Gasteiger partial charge on any atom is 0.266 e. The molecule has 2 aliphatic heterocycles. The van der Waals surface area contributed by atoms with E-state index in [1.165, 1.54) is 11.0 Å². The molecule has 2 fully saturated rings. The van der Waals surface area contributed by atoms with Gasteiger partial charge >= 0.3 is 0 Å². The van der Waals surface area contributed by atoms with Crippen molar-refractivity contribution in [2.24, 2.45) is 12.5 Å². The average Bonchev–Trinajstić information content (AvgIpc) is 2.49. The molecule has 0 aliphatic carbocycles. The van der Waals surface area contributed by atoms with E-state index in [1.54, 1.807) is 55.2 Å². The van der Waals surface area contributed by atoms with Crippen LogP contribution in [-0.4, -0.2) is 140 Å². The minimum absolute atomic E-state index is 0.00942. The Hall–Kier alpha value is -9.04. The highest BCUT2D eigenvalue weighted by Gasteiger charge is 2.44. The largest absolute Gasteiger partial charge is 0.494 e. The van der Waals surface area contributed by atoms with E-state index in [-0.39, 0.29) is 55.8 Å². The standard InChI is InChI=1S/C64H74N14O7S/c1-41-58(86-40-70-41)44-18-16-43(17-19-44)36-69-61(83)54-32-46(79)37-78(54)62(84)59(64(2,3)4)74-56(80)15-9-7-8-12-23-67-57(81)39-76-27-29-77(30-28-76)53-34-55(85-6)51(33-50(53)71-60(82)45(35-65)31-42-20-24-66-25-21-42)73-63-68-26-22-49(72-63)48-38-75(5)52-14-11-10-13-47(48)52/h10-11,13-14,16-22,24-26,31,33-34,38,40,46,54,59,79H,7-9,12,15,23,27-30,32,36-37,39H2,1-6H3,(H,67,81)(H,69,83)(H,71,82)(H,74,80)(H,68,72,73). The summed E-state index contributed by atoms with van der Waals surface area (Å²) in [6.07, 6.45) is 10.6. The Bertz CT molecular complexity index is 3620. The summed E-state index contributed by atoms with van der Waals surface area (Å²) in [5.41, 5.74) is 8.85. The number of hydrogen-bond donors (Lipinski definition) is 6. The van der Waals surface area contributed by atoms with Gasteiger partial charge in [0, 0.05) is 113 Å². The van der Waals surface area contributed by atoms with Gasteiger partial charge in [-0.05, 0) is 78.3 Å². The van der Waals surface area contributed by atoms with E-state index in [4.69, 9.17) is 9.72 Å². The number of carbonyl (C=O) groups is 5. The number of hydrogen-bond acceptors (Lipinski definition) is 16. The summed E-state index contributed by atoms with van der Waals surface area (Å²) in [6, 6.07) is 25.1. The molecule has 86 heavy (non-hydrogen) atoms. The third-order valence-corrected chi connectivity index (χ3v) is 16.4. The number of aliphatic hydroxyl groups excluding tert-OH is 1. The van der Waals surface area contributed by atoms with Gasteiger partial charge in [-0.3, -0.25) is 33.9 Å². The van der Waals surface area contributed by atoms with E-state index in [9.17, 15) is 34.3 Å². The molecule has 21 nitrogen and oxygen atoms in total. The number of rotatable bonds is 23. The molecule has 3 aromatic carbocycles. The fourth-order valence-corrected chi connectivity index (χ4v) is 11.6. The Kier molecular flexibility index (Phi) is 20.2. The smallest absolute Gasteiger partial charge is 0.266 e. The lowest BCUT2D eigenvalue weighted by Gasteiger charge is -2.37. The molecule has 9 rings (SSSR count). The number of piperazine rings is 1. The third kappa shape index (κ3) is 15.4. The second-order valence-electron chi connectivity index (χ2n) is 22.8. The number of ether oxygens (including phenoxy) is 1. The number of β-amino-alcohol motifs (C(OH)–C–C–N with tert-alkyl or cyclic N) is 1. The lowest BCUT2D eigenvalue weighted by atomic mass is 9.85. The molecule has 5 amide bonds. The topological polar surface area (TPSA) is 265 Å². The van der Waals surface area contributed by atoms with Gasteiger partial charge < -0.3 is 50.8 Å². The van der Waals surface area contributed by atoms with E-state index in [0.29, 0.717) is 79.2 Å². The number of benzene rings is 3. The second-order valence-corrected chi connectivity index (χ2v) is 23.6. The van der Waals surface area contributed by atoms with Gasteiger partial charge in [-0.25, -0.2) is 15.0 Å². The Morgan fingerprint density at radius 3 is 2.37 bits per heavy atom. The first-order valence-electron chi connectivity index (χ1n) is 28.9. The molecule has 4 aromatic heterocycles. The van der Waals surface area contributed by atoms with Gasteiger partial charge in [-0.15, -0.1) is 11.3 Å². The van der Waals surface area contributed by atoms with Crippen LogP contribution >= 0.6 is 11.3 Å². The number of nitrogens with one attached hydrogen (secondary N) is 5. The van der Waals surface area contributed by atoms with Crippen LogP contribution in [0.1, 0.15) is 76.1 Å². The maximum absolute atomic E-state index is 14.1. The number of amides is 5. The van der Waals surface area contributed by atoms with Gasteiger partial charge in [0.1, 0.15) is 29.5 Å². The lowest BCUT2D eigenvalue weighted by molar-refractivity contribution is -0.144. The number of carbonyl (C=O) groups excluding carboxylic acids is 5. The fourth-order valence-electron chi connectivity index (χ4n) is 10.8. The molecular weight excluding hydrogens is 1110 g/mol. The molecule has 448 valence electrons. The highest BCUT2D eigenvalue weighted by molar-refractivity contribution is 7.13. The number of anilines is 4. The number of aliphatic hydroxyl groups is 1. The maximum atomic E-state index is 14.1. The Morgan fingerprint density at radius 2 is 1.65 bits per heavy atom. The normalized spacial score (nSPS) is 15.9. The van der Waals surface area contributed by atoms with Crippen molar-refractivity contribution >= 4 is 80.9 Å². The molecule has 0 radical (unpaired) electrons. The number of nitriles is 1. The number of nitrogens with zero attached hydrogens (tertiary/aromatic N) is 9. The average molecular weight is 1180 g/mol. The zero-order valence-corrected chi connectivity index (χ0v) is 50.2. The molecule has 22 heteroatoms. The molecule has 0 saturated carbocycles. The van der Waals surface area contributed by atoms with Crippen LogP contribution in [0, 0.1) is 23.7 Å². The molecule has 0 spiro atoms. The zero-order valence-electron chi connectivity index (χ0n) is 49.4. The molecule has 3 unspecified atom stereocenters. The molecule has 6 N–H and O–H groups in total. The van der Waals surface area contributed by atoms with Gasteiger partial charge in [-0.2, -0.15) is 5.26 Å². The summed E-state index contributed by atoms with van der Waals surface area (Å²) < 4.78 is 7.98. The third-order valence-electron chi connectivity index (χ3n) is 15.5. The summed E-state index contributed by atoms with van der Waals surface area (Å²) in [5.74, 6) is -0.985. The van der Waals surface area contributed by atoms with Crippen molar-refractivity contribution < 1.29 is 33.8 Å². The number of unbranched alkanes of at least 4 members (excludes halogenated alkanes) is 3. The van der Waals surface area contributed by atoms with Crippen LogP contribution in [0.4, 0.5) is 23.0 Å². The number of likely N-dealkylation sites (tertiary alicyclic amines) is 1. The van der Waals surface area contributed by atoms with Crippen molar-refractivity contribution in [3.8, 4) is 33.5 Å². The van der Waals surface area contributed by atoms with Gasteiger partial charge in [0.05, 0.1) is 58.6 Å². The summed E-state index contributed by atoms with van der Waals surface area (Å²) in [7, 11) is 3.55. The first-order valence-corrected chi connectivity index (χ1v) is 29.8. The van der Waals surface area contributed by atoms with Crippen molar-refractivity contribution in [3.05, 3.63) is 132 Å². The Morgan fingerprint density at radius 1 is 0.895 bits per heavy atom. The van der Waals surface area contributed by atoms with Crippen LogP contribution in [0.5, 0.6) is 5.75 Å². The van der Waals surface area contributed by atoms with Crippen LogP contribution in [0.2, 0.25) is 0 Å². The first kappa shape index (κ1) is 61.5. The number of methoxy groups -OCH3 is 1. The van der Waals surface area contributed by atoms with Crippen LogP contribution < -0.4 is 36.2 Å². The van der Waals surface area contributed by atoms with Crippen molar-refractivity contribution in [2.75, 3.05) is 68.5 Å². The summed E-state index contributed by atoms with van der Waals surface area (Å²) >= 11 is 1.57. The monoisotopic (exact) mass is 1180 g/mol. The number of pyridine rings is 1. The molecule has 6 heterocycles. The molecule has 3 atom stereocenters. The van der Waals surface area contributed by atoms with Gasteiger partial charge in [0.25, 0.3) is 5.91 Å². The molecule has 2 saturated heterocycles. The number of aryl methyl sites for hydroxylation is 2. The van der Waals surface area contributed by atoms with E-state index >= 15 is 0 Å². The highest BCUT2D eigenvalue weighted by Crippen LogP contribution is 2.40. The quantitative estimate of drug-likeness (QED) is 0.0203. The molecule has 7 aromatic rings. The van der Waals surface area contributed by atoms with Crippen molar-refractivity contribution in [2.45, 2.75) is 91.0 Å². The SMILES string of the molecule is COc1cc(N2CCN(CC(=O)NCCCCCCC(=O)NC(C(=O)N3CC(O)CC3C(=O)NCc3ccc(-c4scnc4C)cc3)C(C)(C)C)CC2)c(NC(=O)C(C#N)=Cc2ccncc2)cc1Nc1nccc(-c2cn(C)c3ccccc23)n1. The van der Waals surface area contributed by atoms with Crippen LogP contribution in [0.3, 0.4) is 0 Å². The van der Waals surface area contributed by atoms with E-state index in [2.05, 4.69) is 68.0 Å². The van der Waals surface area contributed by atoms with Gasteiger partial charge in [0.2, 0.25) is 29.6 Å². The highest BCUT2D eigenvalue weighted by atomic mass is 32.1. The predicted octanol–water partition coefficient (Wildman–Crippen LogP) is 7.76. The van der Waals surface area contributed by atoms with Crippen LogP contribution in [-0.2, 0) is 37.6 Å².